The molecule has 2 aromatic rings. The first kappa shape index (κ1) is 19.3. The molecule has 0 bridgehead atoms. The van der Waals surface area contributed by atoms with Crippen LogP contribution in [0.2, 0.25) is 5.02 Å². The van der Waals surface area contributed by atoms with Crippen molar-refractivity contribution in [3.63, 3.8) is 0 Å². The molecule has 6 heteroatoms. The third-order valence-corrected chi connectivity index (χ3v) is 4.19. The SMILES string of the molecule is CC(C)c1cc(C(=O)Nc2ccc(N(C)C)c(Cl)c2)nn1C(C)(C)C. The molecule has 0 saturated heterocycles. The van der Waals surface area contributed by atoms with Crippen molar-refractivity contribution in [2.45, 2.75) is 46.1 Å². The van der Waals surface area contributed by atoms with E-state index in [4.69, 9.17) is 11.6 Å². The number of carbonyl (C=O) groups is 1. The van der Waals surface area contributed by atoms with Crippen LogP contribution in [-0.4, -0.2) is 29.8 Å². The molecule has 0 saturated carbocycles. The van der Waals surface area contributed by atoms with Crippen LogP contribution in [-0.2, 0) is 5.54 Å². The molecule has 5 nitrogen and oxygen atoms in total. The zero-order valence-electron chi connectivity index (χ0n) is 16.0. The molecule has 0 atom stereocenters. The van der Waals surface area contributed by atoms with Gasteiger partial charge in [-0.1, -0.05) is 25.4 Å². The number of amides is 1. The van der Waals surface area contributed by atoms with Gasteiger partial charge in [0.05, 0.1) is 16.2 Å². The van der Waals surface area contributed by atoms with Crippen LogP contribution in [0.25, 0.3) is 0 Å². The highest BCUT2D eigenvalue weighted by atomic mass is 35.5. The molecule has 0 unspecified atom stereocenters. The van der Waals surface area contributed by atoms with Gasteiger partial charge in [0.1, 0.15) is 0 Å². The van der Waals surface area contributed by atoms with Crippen molar-refractivity contribution in [1.29, 1.82) is 0 Å². The van der Waals surface area contributed by atoms with E-state index < -0.39 is 0 Å². The maximum absolute atomic E-state index is 12.6. The molecule has 1 N–H and O–H groups in total. The first-order chi connectivity index (χ1) is 11.5. The Morgan fingerprint density at radius 1 is 1.24 bits per heavy atom. The quantitative estimate of drug-likeness (QED) is 0.855. The summed E-state index contributed by atoms with van der Waals surface area (Å²) < 4.78 is 1.93. The molecule has 1 aromatic carbocycles. The highest BCUT2D eigenvalue weighted by molar-refractivity contribution is 6.33. The van der Waals surface area contributed by atoms with Crippen LogP contribution in [0.1, 0.15) is 56.7 Å². The smallest absolute Gasteiger partial charge is 0.276 e. The van der Waals surface area contributed by atoms with E-state index >= 15 is 0 Å². The van der Waals surface area contributed by atoms with Crippen molar-refractivity contribution in [3.05, 3.63) is 40.7 Å². The lowest BCUT2D eigenvalue weighted by molar-refractivity contribution is 0.102. The first-order valence-electron chi connectivity index (χ1n) is 8.39. The number of carbonyl (C=O) groups excluding carboxylic acids is 1. The number of nitrogens with zero attached hydrogens (tertiary/aromatic N) is 3. The van der Waals surface area contributed by atoms with Crippen LogP contribution in [0.3, 0.4) is 0 Å². The summed E-state index contributed by atoms with van der Waals surface area (Å²) in [7, 11) is 3.85. The molecule has 25 heavy (non-hydrogen) atoms. The Balaban J connectivity index is 2.28. The minimum Gasteiger partial charge on any atom is -0.376 e. The number of benzene rings is 1. The largest absolute Gasteiger partial charge is 0.376 e. The predicted octanol–water partition coefficient (Wildman–Crippen LogP) is 4.73. The average Bonchev–Trinajstić information content (AvgIpc) is 2.92. The molecule has 1 amide bonds. The summed E-state index contributed by atoms with van der Waals surface area (Å²) in [5.74, 6) is 0.0423. The molecule has 0 radical (unpaired) electrons. The minimum atomic E-state index is -0.237. The van der Waals surface area contributed by atoms with Gasteiger partial charge in [0.25, 0.3) is 5.91 Å². The van der Waals surface area contributed by atoms with Crippen LogP contribution in [0.4, 0.5) is 11.4 Å². The predicted molar refractivity (Wildman–Crippen MR) is 105 cm³/mol. The fourth-order valence-corrected chi connectivity index (χ4v) is 2.95. The summed E-state index contributed by atoms with van der Waals surface area (Å²) in [6, 6.07) is 7.33. The minimum absolute atomic E-state index is 0.186. The molecule has 136 valence electrons. The summed E-state index contributed by atoms with van der Waals surface area (Å²) >= 11 is 6.27. The fourth-order valence-electron chi connectivity index (χ4n) is 2.60. The number of aromatic nitrogens is 2. The summed E-state index contributed by atoms with van der Waals surface area (Å²) in [4.78, 5) is 14.5. The Kier molecular flexibility index (Phi) is 5.47. The number of rotatable bonds is 4. The molecule has 0 aliphatic carbocycles. The third-order valence-electron chi connectivity index (χ3n) is 3.88. The van der Waals surface area contributed by atoms with Crippen molar-refractivity contribution >= 4 is 28.9 Å². The number of nitrogens with one attached hydrogen (secondary N) is 1. The van der Waals surface area contributed by atoms with E-state index in [2.05, 4.69) is 45.0 Å². The monoisotopic (exact) mass is 362 g/mol. The fraction of sp³-hybridized carbons (Fsp3) is 0.474. The highest BCUT2D eigenvalue weighted by Gasteiger charge is 2.23. The van der Waals surface area contributed by atoms with Gasteiger partial charge in [-0.15, -0.1) is 0 Å². The summed E-state index contributed by atoms with van der Waals surface area (Å²) in [6.45, 7) is 10.4. The van der Waals surface area contributed by atoms with Gasteiger partial charge >= 0.3 is 0 Å². The van der Waals surface area contributed by atoms with E-state index in [9.17, 15) is 4.79 Å². The number of hydrogen-bond acceptors (Lipinski definition) is 3. The lowest BCUT2D eigenvalue weighted by Gasteiger charge is -2.23. The van der Waals surface area contributed by atoms with Gasteiger partial charge in [-0.25, -0.2) is 0 Å². The molecule has 0 fully saturated rings. The topological polar surface area (TPSA) is 50.2 Å². The van der Waals surface area contributed by atoms with Crippen molar-refractivity contribution in [2.24, 2.45) is 0 Å². The van der Waals surface area contributed by atoms with E-state index in [1.54, 1.807) is 6.07 Å². The average molecular weight is 363 g/mol. The second-order valence-electron chi connectivity index (χ2n) is 7.71. The molecule has 2 rings (SSSR count). The normalized spacial score (nSPS) is 11.7. The molecular weight excluding hydrogens is 336 g/mol. The maximum Gasteiger partial charge on any atom is 0.276 e. The van der Waals surface area contributed by atoms with Gasteiger partial charge in [0.2, 0.25) is 0 Å². The van der Waals surface area contributed by atoms with Gasteiger partial charge in [-0.3, -0.25) is 9.48 Å². The van der Waals surface area contributed by atoms with Gasteiger partial charge in [-0.05, 0) is 51.0 Å². The van der Waals surface area contributed by atoms with Crippen LogP contribution < -0.4 is 10.2 Å². The summed E-state index contributed by atoms with van der Waals surface area (Å²) in [5.41, 5.74) is 2.82. The number of hydrogen-bond donors (Lipinski definition) is 1. The van der Waals surface area contributed by atoms with Gasteiger partial charge in [0.15, 0.2) is 5.69 Å². The van der Waals surface area contributed by atoms with E-state index in [0.717, 1.165) is 11.4 Å². The molecule has 0 aliphatic heterocycles. The Morgan fingerprint density at radius 3 is 2.32 bits per heavy atom. The Morgan fingerprint density at radius 2 is 1.88 bits per heavy atom. The molecule has 0 aliphatic rings. The Hall–Kier alpha value is -2.01. The molecular formula is C19H27ClN4O. The van der Waals surface area contributed by atoms with E-state index in [1.165, 1.54) is 0 Å². The molecule has 1 heterocycles. The Labute approximate surface area is 155 Å². The zero-order chi connectivity index (χ0) is 18.9. The number of anilines is 2. The van der Waals surface area contributed by atoms with Crippen molar-refractivity contribution in [2.75, 3.05) is 24.3 Å². The van der Waals surface area contributed by atoms with E-state index in [1.807, 2.05) is 41.9 Å². The Bertz CT molecular complexity index is 772. The van der Waals surface area contributed by atoms with Gasteiger partial charge in [-0.2, -0.15) is 5.10 Å². The van der Waals surface area contributed by atoms with Crippen LogP contribution in [0.5, 0.6) is 0 Å². The second-order valence-corrected chi connectivity index (χ2v) is 8.11. The molecule has 0 spiro atoms. The molecule has 1 aromatic heterocycles. The van der Waals surface area contributed by atoms with E-state index in [0.29, 0.717) is 16.4 Å². The maximum atomic E-state index is 12.6. The third kappa shape index (κ3) is 4.34. The lowest BCUT2D eigenvalue weighted by Crippen LogP contribution is -2.26. The van der Waals surface area contributed by atoms with Gasteiger partial charge < -0.3 is 10.2 Å². The second kappa shape index (κ2) is 7.08. The van der Waals surface area contributed by atoms with Crippen LogP contribution >= 0.6 is 11.6 Å². The van der Waals surface area contributed by atoms with Crippen LogP contribution in [0.15, 0.2) is 24.3 Å². The first-order valence-corrected chi connectivity index (χ1v) is 8.77. The van der Waals surface area contributed by atoms with Crippen LogP contribution in [0, 0.1) is 0 Å². The van der Waals surface area contributed by atoms with Crippen molar-refractivity contribution < 1.29 is 4.79 Å². The zero-order valence-corrected chi connectivity index (χ0v) is 16.8. The summed E-state index contributed by atoms with van der Waals surface area (Å²) in [5, 5.41) is 8.00. The van der Waals surface area contributed by atoms with Crippen molar-refractivity contribution in [1.82, 2.24) is 9.78 Å². The van der Waals surface area contributed by atoms with E-state index in [-0.39, 0.29) is 17.4 Å². The standard InChI is InChI=1S/C19H27ClN4O/c1-12(2)17-11-15(22-24(17)19(3,4)5)18(25)21-13-8-9-16(23(6)7)14(20)10-13/h8-12H,1-7H3,(H,21,25). The summed E-state index contributed by atoms with van der Waals surface area (Å²) in [6.07, 6.45) is 0. The number of halogens is 1. The highest BCUT2D eigenvalue weighted by Crippen LogP contribution is 2.28. The van der Waals surface area contributed by atoms with Gasteiger partial charge in [0, 0.05) is 25.5 Å². The van der Waals surface area contributed by atoms with Crippen molar-refractivity contribution in [3.8, 4) is 0 Å². The lowest BCUT2D eigenvalue weighted by atomic mass is 10.1.